The molecule has 22 heavy (non-hydrogen) atoms. The standard InChI is InChI=1S/C15H23Cl2N3O2/c1-10(2)20(3)8-7-18-15(22)19-9-13(21)14-11(16)5-4-6-12(14)17/h4-6,10,13,21H,7-9H2,1-3H3,(H2,18,19,22). The number of carbonyl (C=O) groups is 1. The summed E-state index contributed by atoms with van der Waals surface area (Å²) in [6, 6.07) is 5.09. The molecule has 5 nitrogen and oxygen atoms in total. The Bertz CT molecular complexity index is 477. The number of nitrogens with one attached hydrogen (secondary N) is 2. The predicted octanol–water partition coefficient (Wildman–Crippen LogP) is 2.67. The van der Waals surface area contributed by atoms with E-state index in [1.165, 1.54) is 0 Å². The molecule has 1 unspecified atom stereocenters. The van der Waals surface area contributed by atoms with E-state index in [2.05, 4.69) is 29.4 Å². The van der Waals surface area contributed by atoms with E-state index in [1.54, 1.807) is 18.2 Å². The molecule has 1 atom stereocenters. The Labute approximate surface area is 141 Å². The number of carbonyl (C=O) groups excluding carboxylic acids is 1. The van der Waals surface area contributed by atoms with Crippen LogP contribution in [0.4, 0.5) is 4.79 Å². The van der Waals surface area contributed by atoms with Gasteiger partial charge in [-0.15, -0.1) is 0 Å². The Hall–Kier alpha value is -1.01. The highest BCUT2D eigenvalue weighted by Crippen LogP contribution is 2.29. The van der Waals surface area contributed by atoms with Crippen LogP contribution in [0.1, 0.15) is 25.5 Å². The van der Waals surface area contributed by atoms with Crippen LogP contribution >= 0.6 is 23.2 Å². The van der Waals surface area contributed by atoms with E-state index in [0.717, 1.165) is 6.54 Å². The van der Waals surface area contributed by atoms with Gasteiger partial charge in [-0.25, -0.2) is 4.79 Å². The molecule has 7 heteroatoms. The lowest BCUT2D eigenvalue weighted by Gasteiger charge is -2.21. The first-order chi connectivity index (χ1) is 10.3. The summed E-state index contributed by atoms with van der Waals surface area (Å²) in [6.07, 6.45) is -0.953. The second kappa shape index (κ2) is 9.20. The molecule has 1 aromatic carbocycles. The molecule has 1 aromatic rings. The van der Waals surface area contributed by atoms with Crippen molar-refractivity contribution in [3.8, 4) is 0 Å². The largest absolute Gasteiger partial charge is 0.386 e. The molecule has 0 radical (unpaired) electrons. The highest BCUT2D eigenvalue weighted by Gasteiger charge is 2.16. The Kier molecular flexibility index (Phi) is 7.96. The van der Waals surface area contributed by atoms with Crippen LogP contribution in [0.15, 0.2) is 18.2 Å². The third-order valence-electron chi connectivity index (χ3n) is 3.42. The highest BCUT2D eigenvalue weighted by atomic mass is 35.5. The van der Waals surface area contributed by atoms with Crippen molar-refractivity contribution in [1.82, 2.24) is 15.5 Å². The maximum absolute atomic E-state index is 11.7. The van der Waals surface area contributed by atoms with Crippen molar-refractivity contribution in [2.45, 2.75) is 26.0 Å². The summed E-state index contributed by atoms with van der Waals surface area (Å²) in [7, 11) is 1.99. The second-order valence-electron chi connectivity index (χ2n) is 5.36. The fourth-order valence-electron chi connectivity index (χ4n) is 1.79. The van der Waals surface area contributed by atoms with Crippen LogP contribution in [0.25, 0.3) is 0 Å². The smallest absolute Gasteiger partial charge is 0.314 e. The molecule has 3 N–H and O–H groups in total. The molecule has 0 heterocycles. The van der Waals surface area contributed by atoms with Crippen molar-refractivity contribution in [3.05, 3.63) is 33.8 Å². The van der Waals surface area contributed by atoms with E-state index in [0.29, 0.717) is 28.2 Å². The van der Waals surface area contributed by atoms with Crippen LogP contribution in [-0.4, -0.2) is 48.8 Å². The Morgan fingerprint density at radius 1 is 1.27 bits per heavy atom. The molecule has 0 aliphatic rings. The van der Waals surface area contributed by atoms with E-state index < -0.39 is 6.10 Å². The summed E-state index contributed by atoms with van der Waals surface area (Å²) in [5, 5.41) is 16.2. The maximum Gasteiger partial charge on any atom is 0.314 e. The maximum atomic E-state index is 11.7. The Morgan fingerprint density at radius 2 is 1.86 bits per heavy atom. The zero-order valence-electron chi connectivity index (χ0n) is 13.1. The summed E-state index contributed by atoms with van der Waals surface area (Å²) in [4.78, 5) is 13.8. The van der Waals surface area contributed by atoms with Gasteiger partial charge in [0.25, 0.3) is 0 Å². The van der Waals surface area contributed by atoms with Crippen LogP contribution < -0.4 is 10.6 Å². The lowest BCUT2D eigenvalue weighted by atomic mass is 10.1. The van der Waals surface area contributed by atoms with Gasteiger partial charge in [-0.2, -0.15) is 0 Å². The van der Waals surface area contributed by atoms with Crippen molar-refractivity contribution in [1.29, 1.82) is 0 Å². The lowest BCUT2D eigenvalue weighted by Crippen LogP contribution is -2.42. The molecular weight excluding hydrogens is 325 g/mol. The third kappa shape index (κ3) is 6.01. The van der Waals surface area contributed by atoms with Gasteiger partial charge in [0.2, 0.25) is 0 Å². The number of halogens is 2. The lowest BCUT2D eigenvalue weighted by molar-refractivity contribution is 0.173. The first-order valence-corrected chi connectivity index (χ1v) is 7.92. The Morgan fingerprint density at radius 3 is 2.41 bits per heavy atom. The first kappa shape index (κ1) is 19.0. The van der Waals surface area contributed by atoms with Gasteiger partial charge < -0.3 is 20.6 Å². The topological polar surface area (TPSA) is 64.6 Å². The number of aliphatic hydroxyl groups excluding tert-OH is 1. The number of benzene rings is 1. The molecule has 1 rings (SSSR count). The van der Waals surface area contributed by atoms with Crippen LogP contribution in [0.5, 0.6) is 0 Å². The molecule has 2 amide bonds. The van der Waals surface area contributed by atoms with Gasteiger partial charge in [-0.05, 0) is 33.0 Å². The van der Waals surface area contributed by atoms with Crippen LogP contribution in [0, 0.1) is 0 Å². The zero-order valence-corrected chi connectivity index (χ0v) is 14.6. The summed E-state index contributed by atoms with van der Waals surface area (Å²) in [6.45, 7) is 5.50. The monoisotopic (exact) mass is 347 g/mol. The van der Waals surface area contributed by atoms with Gasteiger partial charge in [0.05, 0.1) is 6.10 Å². The van der Waals surface area contributed by atoms with Crippen molar-refractivity contribution in [2.75, 3.05) is 26.7 Å². The highest BCUT2D eigenvalue weighted by molar-refractivity contribution is 6.36. The van der Waals surface area contributed by atoms with E-state index in [9.17, 15) is 9.90 Å². The minimum atomic E-state index is -0.953. The van der Waals surface area contributed by atoms with Gasteiger partial charge in [0.15, 0.2) is 0 Å². The van der Waals surface area contributed by atoms with Crippen molar-refractivity contribution >= 4 is 29.2 Å². The molecule has 0 saturated heterocycles. The van der Waals surface area contributed by atoms with Gasteiger partial charge in [-0.3, -0.25) is 0 Å². The normalized spacial score (nSPS) is 12.5. The number of hydrogen-bond donors (Lipinski definition) is 3. The first-order valence-electron chi connectivity index (χ1n) is 7.16. The SMILES string of the molecule is CC(C)N(C)CCNC(=O)NCC(O)c1c(Cl)cccc1Cl. The third-order valence-corrected chi connectivity index (χ3v) is 4.08. The fraction of sp³-hybridized carbons (Fsp3) is 0.533. The molecule has 0 saturated carbocycles. The van der Waals surface area contributed by atoms with E-state index in [4.69, 9.17) is 23.2 Å². The Balaban J connectivity index is 2.38. The number of likely N-dealkylation sites (N-methyl/N-ethyl adjacent to an activating group) is 1. The molecule has 0 aliphatic carbocycles. The van der Waals surface area contributed by atoms with Crippen molar-refractivity contribution in [2.24, 2.45) is 0 Å². The zero-order chi connectivity index (χ0) is 16.7. The van der Waals surface area contributed by atoms with Crippen molar-refractivity contribution < 1.29 is 9.90 Å². The number of amides is 2. The number of rotatable bonds is 7. The molecule has 0 bridgehead atoms. The fourth-order valence-corrected chi connectivity index (χ4v) is 2.44. The van der Waals surface area contributed by atoms with Gasteiger partial charge in [0.1, 0.15) is 0 Å². The second-order valence-corrected chi connectivity index (χ2v) is 6.18. The van der Waals surface area contributed by atoms with Crippen LogP contribution in [0.2, 0.25) is 10.0 Å². The van der Waals surface area contributed by atoms with Crippen LogP contribution in [0.3, 0.4) is 0 Å². The molecule has 0 spiro atoms. The van der Waals surface area contributed by atoms with E-state index >= 15 is 0 Å². The van der Waals surface area contributed by atoms with Gasteiger partial charge in [0, 0.05) is 41.3 Å². The quantitative estimate of drug-likeness (QED) is 0.710. The minimum absolute atomic E-state index is 0.0370. The number of aliphatic hydroxyl groups is 1. The van der Waals surface area contributed by atoms with Crippen molar-refractivity contribution in [3.63, 3.8) is 0 Å². The molecule has 0 aromatic heterocycles. The number of urea groups is 1. The summed E-state index contributed by atoms with van der Waals surface area (Å²) >= 11 is 12.0. The van der Waals surface area contributed by atoms with Gasteiger partial charge in [-0.1, -0.05) is 29.3 Å². The molecular formula is C15H23Cl2N3O2. The van der Waals surface area contributed by atoms with Gasteiger partial charge >= 0.3 is 6.03 Å². The van der Waals surface area contributed by atoms with Crippen LogP contribution in [-0.2, 0) is 0 Å². The molecule has 0 aliphatic heterocycles. The molecule has 0 fully saturated rings. The minimum Gasteiger partial charge on any atom is -0.386 e. The number of nitrogens with zero attached hydrogens (tertiary/aromatic N) is 1. The summed E-state index contributed by atoms with van der Waals surface area (Å²) in [5.41, 5.74) is 0.422. The average molecular weight is 348 g/mol. The summed E-state index contributed by atoms with van der Waals surface area (Å²) < 4.78 is 0. The number of hydrogen-bond acceptors (Lipinski definition) is 3. The average Bonchev–Trinajstić information content (AvgIpc) is 2.44. The molecule has 124 valence electrons. The predicted molar refractivity (Wildman–Crippen MR) is 90.6 cm³/mol. The van der Waals surface area contributed by atoms with E-state index in [1.807, 2.05) is 7.05 Å². The summed E-state index contributed by atoms with van der Waals surface area (Å²) in [5.74, 6) is 0. The van der Waals surface area contributed by atoms with E-state index in [-0.39, 0.29) is 12.6 Å².